The van der Waals surface area contributed by atoms with Crippen LogP contribution in [0.25, 0.3) is 0 Å². The van der Waals surface area contributed by atoms with E-state index >= 15 is 0 Å². The number of hydrogen-bond acceptors (Lipinski definition) is 2. The number of carboxylic acids is 1. The molecule has 0 saturated carbocycles. The Morgan fingerprint density at radius 2 is 2.18 bits per heavy atom. The van der Waals surface area contributed by atoms with Gasteiger partial charge in [0, 0.05) is 11.0 Å². The molecule has 17 heavy (non-hydrogen) atoms. The van der Waals surface area contributed by atoms with E-state index in [-0.39, 0.29) is 11.0 Å². The summed E-state index contributed by atoms with van der Waals surface area (Å²) in [6.07, 6.45) is 0.406. The van der Waals surface area contributed by atoms with Crippen LogP contribution in [0.4, 0.5) is 4.39 Å². The molecule has 0 amide bonds. The summed E-state index contributed by atoms with van der Waals surface area (Å²) in [7, 11) is 0. The first-order chi connectivity index (χ1) is 8.02. The minimum atomic E-state index is -0.983. The van der Waals surface area contributed by atoms with E-state index in [4.69, 9.17) is 4.74 Å². The third-order valence-electron chi connectivity index (χ3n) is 3.18. The van der Waals surface area contributed by atoms with Crippen LogP contribution in [0.15, 0.2) is 24.3 Å². The van der Waals surface area contributed by atoms with Crippen molar-refractivity contribution in [2.45, 2.75) is 19.3 Å². The molecule has 92 valence electrons. The SMILES string of the molecule is CC1(CC(C(=O)O)c2ccccc2F)COC1. The predicted octanol–water partition coefficient (Wildman–Crippen LogP) is 2.42. The summed E-state index contributed by atoms with van der Waals surface area (Å²) in [6, 6.07) is 6.06. The summed E-state index contributed by atoms with van der Waals surface area (Å²) in [4.78, 5) is 11.3. The average Bonchev–Trinajstić information content (AvgIpc) is 2.24. The van der Waals surface area contributed by atoms with Crippen molar-refractivity contribution in [1.82, 2.24) is 0 Å². The zero-order valence-corrected chi connectivity index (χ0v) is 9.65. The maximum atomic E-state index is 13.6. The smallest absolute Gasteiger partial charge is 0.311 e. The fourth-order valence-corrected chi connectivity index (χ4v) is 2.15. The summed E-state index contributed by atoms with van der Waals surface area (Å²) in [6.45, 7) is 3.06. The van der Waals surface area contributed by atoms with Gasteiger partial charge in [-0.25, -0.2) is 4.39 Å². The van der Waals surface area contributed by atoms with E-state index in [1.54, 1.807) is 12.1 Å². The molecule has 1 N–H and O–H groups in total. The van der Waals surface area contributed by atoms with E-state index in [9.17, 15) is 14.3 Å². The van der Waals surface area contributed by atoms with Crippen LogP contribution in [-0.2, 0) is 9.53 Å². The van der Waals surface area contributed by atoms with Gasteiger partial charge < -0.3 is 9.84 Å². The van der Waals surface area contributed by atoms with Gasteiger partial charge in [0.05, 0.1) is 19.1 Å². The lowest BCUT2D eigenvalue weighted by Gasteiger charge is -2.39. The van der Waals surface area contributed by atoms with Crippen molar-refractivity contribution in [1.29, 1.82) is 0 Å². The highest BCUT2D eigenvalue weighted by atomic mass is 19.1. The molecule has 0 spiro atoms. The number of halogens is 1. The number of aliphatic carboxylic acids is 1. The topological polar surface area (TPSA) is 46.5 Å². The lowest BCUT2D eigenvalue weighted by molar-refractivity contribution is -0.145. The number of rotatable bonds is 4. The zero-order valence-electron chi connectivity index (χ0n) is 9.65. The maximum Gasteiger partial charge on any atom is 0.311 e. The Bertz CT molecular complexity index is 426. The van der Waals surface area contributed by atoms with Crippen LogP contribution < -0.4 is 0 Å². The van der Waals surface area contributed by atoms with E-state index in [0.29, 0.717) is 19.6 Å². The number of hydrogen-bond donors (Lipinski definition) is 1. The van der Waals surface area contributed by atoms with Crippen molar-refractivity contribution in [3.8, 4) is 0 Å². The molecule has 0 aromatic heterocycles. The highest BCUT2D eigenvalue weighted by Crippen LogP contribution is 2.38. The van der Waals surface area contributed by atoms with Crippen LogP contribution in [0.5, 0.6) is 0 Å². The number of carboxylic acid groups (broad SMARTS) is 1. The molecule has 1 aliphatic rings. The van der Waals surface area contributed by atoms with Crippen molar-refractivity contribution < 1.29 is 19.0 Å². The molecule has 1 unspecified atom stereocenters. The van der Waals surface area contributed by atoms with Crippen molar-refractivity contribution in [3.05, 3.63) is 35.6 Å². The minimum absolute atomic E-state index is 0.147. The lowest BCUT2D eigenvalue weighted by atomic mass is 9.77. The Labute approximate surface area is 99.2 Å². The predicted molar refractivity (Wildman–Crippen MR) is 60.3 cm³/mol. The summed E-state index contributed by atoms with van der Waals surface area (Å²) < 4.78 is 18.7. The second-order valence-electron chi connectivity index (χ2n) is 4.92. The highest BCUT2D eigenvalue weighted by Gasteiger charge is 2.39. The molecule has 0 radical (unpaired) electrons. The molecule has 1 aromatic carbocycles. The number of carbonyl (C=O) groups is 1. The second-order valence-corrected chi connectivity index (χ2v) is 4.92. The number of ether oxygens (including phenoxy) is 1. The van der Waals surface area contributed by atoms with Gasteiger partial charge >= 0.3 is 5.97 Å². The summed E-state index contributed by atoms with van der Waals surface area (Å²) in [5, 5.41) is 9.23. The van der Waals surface area contributed by atoms with Gasteiger partial charge in [0.1, 0.15) is 5.82 Å². The minimum Gasteiger partial charge on any atom is -0.481 e. The molecule has 1 aromatic rings. The van der Waals surface area contributed by atoms with Crippen LogP contribution in [0, 0.1) is 11.2 Å². The van der Waals surface area contributed by atoms with Gasteiger partial charge in [0.15, 0.2) is 0 Å². The Hall–Kier alpha value is -1.42. The van der Waals surface area contributed by atoms with Crippen LogP contribution in [0.3, 0.4) is 0 Å². The van der Waals surface area contributed by atoms with Crippen molar-refractivity contribution >= 4 is 5.97 Å². The standard InChI is InChI=1S/C13H15FO3/c1-13(7-17-8-13)6-10(12(15)16)9-4-2-3-5-11(9)14/h2-5,10H,6-8H2,1H3,(H,15,16). The molecular formula is C13H15FO3. The van der Waals surface area contributed by atoms with Crippen molar-refractivity contribution in [3.63, 3.8) is 0 Å². The average molecular weight is 238 g/mol. The van der Waals surface area contributed by atoms with Crippen LogP contribution in [0.1, 0.15) is 24.8 Å². The molecule has 1 atom stereocenters. The van der Waals surface area contributed by atoms with E-state index in [2.05, 4.69) is 0 Å². The van der Waals surface area contributed by atoms with E-state index in [1.807, 2.05) is 6.92 Å². The maximum absolute atomic E-state index is 13.6. The van der Waals surface area contributed by atoms with Crippen molar-refractivity contribution in [2.24, 2.45) is 5.41 Å². The lowest BCUT2D eigenvalue weighted by Crippen LogP contribution is -2.41. The number of benzene rings is 1. The normalized spacial score (nSPS) is 19.4. The monoisotopic (exact) mass is 238 g/mol. The zero-order chi connectivity index (χ0) is 12.5. The Balaban J connectivity index is 2.23. The first kappa shape index (κ1) is 12.0. The van der Waals surface area contributed by atoms with Gasteiger partial charge in [0.25, 0.3) is 0 Å². The fourth-order valence-electron chi connectivity index (χ4n) is 2.15. The van der Waals surface area contributed by atoms with Gasteiger partial charge in [-0.3, -0.25) is 4.79 Å². The quantitative estimate of drug-likeness (QED) is 0.876. The largest absolute Gasteiger partial charge is 0.481 e. The van der Waals surface area contributed by atoms with Gasteiger partial charge in [-0.15, -0.1) is 0 Å². The first-order valence-corrected chi connectivity index (χ1v) is 5.57. The van der Waals surface area contributed by atoms with Gasteiger partial charge in [-0.1, -0.05) is 25.1 Å². The third-order valence-corrected chi connectivity index (χ3v) is 3.18. The molecule has 1 saturated heterocycles. The first-order valence-electron chi connectivity index (χ1n) is 5.57. The third kappa shape index (κ3) is 2.47. The molecule has 1 heterocycles. The van der Waals surface area contributed by atoms with E-state index in [0.717, 1.165) is 0 Å². The van der Waals surface area contributed by atoms with Gasteiger partial charge in [-0.2, -0.15) is 0 Å². The molecule has 0 bridgehead atoms. The Kier molecular flexibility index (Phi) is 3.15. The van der Waals surface area contributed by atoms with Gasteiger partial charge in [-0.05, 0) is 12.5 Å². The summed E-state index contributed by atoms with van der Waals surface area (Å²) in [5.41, 5.74) is 0.110. The van der Waals surface area contributed by atoms with E-state index < -0.39 is 17.7 Å². The highest BCUT2D eigenvalue weighted by molar-refractivity contribution is 5.76. The molecular weight excluding hydrogens is 223 g/mol. The summed E-state index contributed by atoms with van der Waals surface area (Å²) >= 11 is 0. The molecule has 1 aliphatic heterocycles. The van der Waals surface area contributed by atoms with Crippen LogP contribution in [0.2, 0.25) is 0 Å². The molecule has 1 fully saturated rings. The Morgan fingerprint density at radius 3 is 2.65 bits per heavy atom. The van der Waals surface area contributed by atoms with E-state index in [1.165, 1.54) is 12.1 Å². The summed E-state index contributed by atoms with van der Waals surface area (Å²) in [5.74, 6) is -2.24. The molecule has 2 rings (SSSR count). The molecule has 0 aliphatic carbocycles. The Morgan fingerprint density at radius 1 is 1.53 bits per heavy atom. The van der Waals surface area contributed by atoms with Crippen LogP contribution >= 0.6 is 0 Å². The van der Waals surface area contributed by atoms with Crippen LogP contribution in [-0.4, -0.2) is 24.3 Å². The fraction of sp³-hybridized carbons (Fsp3) is 0.462. The van der Waals surface area contributed by atoms with Crippen molar-refractivity contribution in [2.75, 3.05) is 13.2 Å². The second kappa shape index (κ2) is 4.45. The molecule has 4 heteroatoms. The molecule has 3 nitrogen and oxygen atoms in total. The van der Waals surface area contributed by atoms with Gasteiger partial charge in [0.2, 0.25) is 0 Å².